The lowest BCUT2D eigenvalue weighted by Gasteiger charge is -2.32. The van der Waals surface area contributed by atoms with Crippen molar-refractivity contribution in [2.45, 2.75) is 31.5 Å². The van der Waals surface area contributed by atoms with Gasteiger partial charge in [0.2, 0.25) is 5.91 Å². The monoisotopic (exact) mass is 312 g/mol. The average molecular weight is 312 g/mol. The Labute approximate surface area is 137 Å². The largest absolute Gasteiger partial charge is 0.336 e. The average Bonchev–Trinajstić information content (AvgIpc) is 3.20. The van der Waals surface area contributed by atoms with E-state index in [0.29, 0.717) is 0 Å². The molecule has 0 spiro atoms. The van der Waals surface area contributed by atoms with E-state index in [1.54, 1.807) is 6.20 Å². The van der Waals surface area contributed by atoms with Crippen LogP contribution in [-0.4, -0.2) is 52.2 Å². The maximum Gasteiger partial charge on any atom is 0.244 e. The number of benzene rings is 1. The van der Waals surface area contributed by atoms with E-state index in [9.17, 15) is 4.79 Å². The summed E-state index contributed by atoms with van der Waals surface area (Å²) in [6.45, 7) is 1.61. The summed E-state index contributed by atoms with van der Waals surface area (Å²) in [5.74, 6) is 0.191. The van der Waals surface area contributed by atoms with Gasteiger partial charge >= 0.3 is 0 Å². The van der Waals surface area contributed by atoms with Gasteiger partial charge in [0.05, 0.1) is 12.6 Å². The molecule has 0 aliphatic carbocycles. The van der Waals surface area contributed by atoms with Gasteiger partial charge in [-0.3, -0.25) is 14.4 Å². The molecule has 0 radical (unpaired) electrons. The van der Waals surface area contributed by atoms with Crippen LogP contribution < -0.4 is 0 Å². The van der Waals surface area contributed by atoms with E-state index in [4.69, 9.17) is 0 Å². The van der Waals surface area contributed by atoms with Crippen molar-refractivity contribution < 1.29 is 4.79 Å². The number of hydrogen-bond acceptors (Lipinski definition) is 3. The smallest absolute Gasteiger partial charge is 0.244 e. The molecule has 5 heteroatoms. The van der Waals surface area contributed by atoms with Gasteiger partial charge in [-0.1, -0.05) is 30.3 Å². The summed E-state index contributed by atoms with van der Waals surface area (Å²) < 4.78 is 1.92. The summed E-state index contributed by atoms with van der Waals surface area (Å²) in [6, 6.07) is 11.9. The fourth-order valence-corrected chi connectivity index (χ4v) is 3.39. The van der Waals surface area contributed by atoms with Crippen LogP contribution in [0.25, 0.3) is 0 Å². The summed E-state index contributed by atoms with van der Waals surface area (Å²) in [7, 11) is 3.93. The van der Waals surface area contributed by atoms with Crippen molar-refractivity contribution in [1.29, 1.82) is 0 Å². The maximum atomic E-state index is 13.2. The molecule has 1 saturated heterocycles. The minimum Gasteiger partial charge on any atom is -0.336 e. The van der Waals surface area contributed by atoms with Crippen LogP contribution in [0.1, 0.15) is 24.4 Å². The van der Waals surface area contributed by atoms with Gasteiger partial charge in [0.15, 0.2) is 0 Å². The van der Waals surface area contributed by atoms with Crippen LogP contribution in [0, 0.1) is 0 Å². The molecule has 1 aliphatic rings. The van der Waals surface area contributed by atoms with Crippen LogP contribution in [0.2, 0.25) is 0 Å². The first-order valence-corrected chi connectivity index (χ1v) is 8.16. The van der Waals surface area contributed by atoms with Gasteiger partial charge in [0.25, 0.3) is 0 Å². The molecule has 0 unspecified atom stereocenters. The molecule has 0 bridgehead atoms. The number of hydrogen-bond donors (Lipinski definition) is 0. The van der Waals surface area contributed by atoms with E-state index >= 15 is 0 Å². The first-order chi connectivity index (χ1) is 11.2. The topological polar surface area (TPSA) is 41.4 Å². The number of likely N-dealkylation sites (tertiary alicyclic amines) is 1. The molecule has 2 atom stereocenters. The molecule has 5 nitrogen and oxygen atoms in total. The molecule has 1 aliphatic heterocycles. The van der Waals surface area contributed by atoms with E-state index in [1.165, 1.54) is 0 Å². The van der Waals surface area contributed by atoms with Crippen LogP contribution in [-0.2, 0) is 11.3 Å². The highest BCUT2D eigenvalue weighted by molar-refractivity contribution is 5.83. The quantitative estimate of drug-likeness (QED) is 0.850. The molecule has 1 aromatic carbocycles. The van der Waals surface area contributed by atoms with Crippen molar-refractivity contribution in [3.63, 3.8) is 0 Å². The molecule has 0 N–H and O–H groups in total. The predicted molar refractivity (Wildman–Crippen MR) is 89.8 cm³/mol. The summed E-state index contributed by atoms with van der Waals surface area (Å²) in [6.07, 6.45) is 5.85. The second kappa shape index (κ2) is 6.96. The van der Waals surface area contributed by atoms with Gasteiger partial charge in [-0.15, -0.1) is 0 Å². The Kier molecular flexibility index (Phi) is 4.76. The highest BCUT2D eigenvalue weighted by Gasteiger charge is 2.35. The maximum absolute atomic E-state index is 13.2. The molecular weight excluding hydrogens is 288 g/mol. The zero-order chi connectivity index (χ0) is 16.2. The molecule has 1 aromatic heterocycles. The van der Waals surface area contributed by atoms with E-state index in [0.717, 1.165) is 31.5 Å². The summed E-state index contributed by atoms with van der Waals surface area (Å²) >= 11 is 0. The van der Waals surface area contributed by atoms with Crippen molar-refractivity contribution >= 4 is 5.91 Å². The number of nitrogens with zero attached hydrogens (tertiary/aromatic N) is 4. The van der Waals surface area contributed by atoms with E-state index in [-0.39, 0.29) is 18.0 Å². The van der Waals surface area contributed by atoms with Crippen molar-refractivity contribution in [3.05, 3.63) is 54.4 Å². The van der Waals surface area contributed by atoms with Crippen molar-refractivity contribution in [3.8, 4) is 0 Å². The Morgan fingerprint density at radius 2 is 2.09 bits per heavy atom. The number of amides is 1. The molecule has 122 valence electrons. The molecule has 3 rings (SSSR count). The lowest BCUT2D eigenvalue weighted by Crippen LogP contribution is -2.44. The summed E-state index contributed by atoms with van der Waals surface area (Å²) in [5, 5.41) is 4.28. The van der Waals surface area contributed by atoms with Crippen LogP contribution >= 0.6 is 0 Å². The number of likely N-dealkylation sites (N-methyl/N-ethyl adjacent to an activating group) is 1. The van der Waals surface area contributed by atoms with Gasteiger partial charge < -0.3 is 4.90 Å². The van der Waals surface area contributed by atoms with Gasteiger partial charge in [0.1, 0.15) is 6.04 Å². The highest BCUT2D eigenvalue weighted by atomic mass is 16.2. The number of carbonyl (C=O) groups excluding carboxylic acids is 1. The second-order valence-corrected chi connectivity index (χ2v) is 6.33. The van der Waals surface area contributed by atoms with Crippen LogP contribution in [0.4, 0.5) is 0 Å². The molecule has 2 heterocycles. The zero-order valence-electron chi connectivity index (χ0n) is 13.8. The van der Waals surface area contributed by atoms with Gasteiger partial charge in [-0.25, -0.2) is 0 Å². The number of rotatable bonds is 5. The third-order valence-corrected chi connectivity index (χ3v) is 4.48. The minimum atomic E-state index is -0.227. The van der Waals surface area contributed by atoms with Gasteiger partial charge in [-0.05, 0) is 38.6 Å². The lowest BCUT2D eigenvalue weighted by atomic mass is 10.0. The predicted octanol–water partition coefficient (Wildman–Crippen LogP) is 2.18. The Bertz CT molecular complexity index is 624. The molecule has 1 fully saturated rings. The van der Waals surface area contributed by atoms with Crippen LogP contribution in [0.5, 0.6) is 0 Å². The molecular formula is C18H24N4O. The first-order valence-electron chi connectivity index (χ1n) is 8.16. The third kappa shape index (κ3) is 3.45. The normalized spacial score (nSPS) is 19.3. The Morgan fingerprint density at radius 3 is 2.74 bits per heavy atom. The minimum absolute atomic E-state index is 0.191. The third-order valence-electron chi connectivity index (χ3n) is 4.48. The molecule has 2 aromatic rings. The summed E-state index contributed by atoms with van der Waals surface area (Å²) in [5.41, 5.74) is 1.05. The number of aromatic nitrogens is 2. The van der Waals surface area contributed by atoms with Gasteiger partial charge in [-0.2, -0.15) is 5.10 Å². The zero-order valence-corrected chi connectivity index (χ0v) is 13.8. The Morgan fingerprint density at radius 1 is 1.30 bits per heavy atom. The van der Waals surface area contributed by atoms with E-state index in [2.05, 4.69) is 5.10 Å². The van der Waals surface area contributed by atoms with Crippen molar-refractivity contribution in [2.24, 2.45) is 0 Å². The summed E-state index contributed by atoms with van der Waals surface area (Å²) in [4.78, 5) is 17.2. The fraction of sp³-hybridized carbons (Fsp3) is 0.444. The Balaban J connectivity index is 1.79. The van der Waals surface area contributed by atoms with E-state index in [1.807, 2.05) is 71.2 Å². The van der Waals surface area contributed by atoms with Crippen molar-refractivity contribution in [2.75, 3.05) is 20.6 Å². The van der Waals surface area contributed by atoms with Crippen LogP contribution in [0.3, 0.4) is 0 Å². The van der Waals surface area contributed by atoms with E-state index < -0.39 is 0 Å². The molecule has 0 saturated carbocycles. The number of carbonyl (C=O) groups is 1. The molecule has 1 amide bonds. The second-order valence-electron chi connectivity index (χ2n) is 6.33. The standard InChI is InChI=1S/C18H24N4O/c1-20(2)17(15-8-4-3-5-9-15)18(23)22-13-6-10-16(22)14-21-12-7-11-19-21/h3-5,7-9,11-12,16-17H,6,10,13-14H2,1-2H3/t16-,17-/m0/s1. The molecule has 23 heavy (non-hydrogen) atoms. The lowest BCUT2D eigenvalue weighted by molar-refractivity contribution is -0.137. The highest BCUT2D eigenvalue weighted by Crippen LogP contribution is 2.26. The first kappa shape index (κ1) is 15.7. The van der Waals surface area contributed by atoms with Crippen LogP contribution in [0.15, 0.2) is 48.8 Å². The Hall–Kier alpha value is -2.14. The fourth-order valence-electron chi connectivity index (χ4n) is 3.39. The van der Waals surface area contributed by atoms with Gasteiger partial charge in [0, 0.05) is 18.9 Å². The SMILES string of the molecule is CN(C)[C@H](C(=O)N1CCC[C@H]1Cn1cccn1)c1ccccc1. The van der Waals surface area contributed by atoms with Crippen molar-refractivity contribution in [1.82, 2.24) is 19.6 Å².